The van der Waals surface area contributed by atoms with Gasteiger partial charge in [-0.3, -0.25) is 10.3 Å². The molecule has 128 valence electrons. The van der Waals surface area contributed by atoms with E-state index in [4.69, 9.17) is 16.2 Å². The Balaban J connectivity index is 1.95. The van der Waals surface area contributed by atoms with Crippen LogP contribution in [0.1, 0.15) is 19.8 Å². The molecule has 1 aliphatic rings. The Labute approximate surface area is 141 Å². The van der Waals surface area contributed by atoms with Gasteiger partial charge in [0.2, 0.25) is 0 Å². The summed E-state index contributed by atoms with van der Waals surface area (Å²) in [6.07, 6.45) is 4.83. The average Bonchev–Trinajstić information content (AvgIpc) is 2.57. The van der Waals surface area contributed by atoms with Crippen LogP contribution in [0.25, 0.3) is 0 Å². The van der Waals surface area contributed by atoms with E-state index in [1.165, 1.54) is 18.5 Å². The van der Waals surface area contributed by atoms with Gasteiger partial charge in [-0.2, -0.15) is 0 Å². The van der Waals surface area contributed by atoms with Gasteiger partial charge in [-0.15, -0.1) is 0 Å². The van der Waals surface area contributed by atoms with Gasteiger partial charge in [-0.05, 0) is 37.3 Å². The number of aliphatic imine (C=N–C) groups is 1. The highest BCUT2D eigenvalue weighted by Gasteiger charge is 2.23. The van der Waals surface area contributed by atoms with Gasteiger partial charge in [0, 0.05) is 18.4 Å². The first-order valence-corrected chi connectivity index (χ1v) is 7.91. The van der Waals surface area contributed by atoms with Crippen LogP contribution in [0.4, 0.5) is 4.39 Å². The zero-order valence-electron chi connectivity index (χ0n) is 13.9. The van der Waals surface area contributed by atoms with Gasteiger partial charge in [0.05, 0.1) is 25.1 Å². The Morgan fingerprint density at radius 1 is 1.33 bits per heavy atom. The minimum absolute atomic E-state index is 0.112. The number of nitrogens with zero attached hydrogens (tertiary/aromatic N) is 2. The van der Waals surface area contributed by atoms with E-state index < -0.39 is 0 Å². The third-order valence-corrected chi connectivity index (χ3v) is 3.93. The molecule has 1 heterocycles. The number of allylic oxidation sites excluding steroid dienone is 1. The normalized spacial score (nSPS) is 18.7. The molecule has 6 heteroatoms. The van der Waals surface area contributed by atoms with Gasteiger partial charge in [-0.25, -0.2) is 9.38 Å². The van der Waals surface area contributed by atoms with Gasteiger partial charge in [-0.1, -0.05) is 6.58 Å². The van der Waals surface area contributed by atoms with E-state index in [1.807, 2.05) is 6.92 Å². The summed E-state index contributed by atoms with van der Waals surface area (Å²) in [5.74, 6) is 1.14. The molecule has 0 atom stereocenters. The summed E-state index contributed by atoms with van der Waals surface area (Å²) in [5.41, 5.74) is 12.9. The fraction of sp³-hybridized carbons (Fsp3) is 0.333. The molecule has 0 aromatic heterocycles. The molecule has 24 heavy (non-hydrogen) atoms. The van der Waals surface area contributed by atoms with E-state index in [9.17, 15) is 4.39 Å². The summed E-state index contributed by atoms with van der Waals surface area (Å²) in [6, 6.07) is 6.11. The minimum Gasteiger partial charge on any atom is -0.490 e. The average molecular weight is 331 g/mol. The molecule has 2 rings (SSSR count). The van der Waals surface area contributed by atoms with Crippen molar-refractivity contribution < 1.29 is 13.7 Å². The lowest BCUT2D eigenvalue weighted by Crippen LogP contribution is -2.39. The first kappa shape index (κ1) is 17.7. The zero-order valence-corrected chi connectivity index (χ0v) is 13.9. The Kier molecular flexibility index (Phi) is 6.12. The van der Waals surface area contributed by atoms with Crippen molar-refractivity contribution in [3.05, 3.63) is 54.0 Å². The van der Waals surface area contributed by atoms with Crippen LogP contribution in [0.2, 0.25) is 0 Å². The van der Waals surface area contributed by atoms with Crippen LogP contribution < -0.4 is 16.2 Å². The predicted molar refractivity (Wildman–Crippen MR) is 94.8 cm³/mol. The molecule has 5 nitrogen and oxygen atoms in total. The number of rotatable bonds is 5. The van der Waals surface area contributed by atoms with E-state index >= 15 is 0 Å². The largest absolute Gasteiger partial charge is 0.490 e. The van der Waals surface area contributed by atoms with Crippen LogP contribution >= 0.6 is 0 Å². The number of hydrogen-bond donors (Lipinski definition) is 2. The first-order chi connectivity index (χ1) is 11.5. The van der Waals surface area contributed by atoms with Gasteiger partial charge in [0.25, 0.3) is 5.84 Å². The summed E-state index contributed by atoms with van der Waals surface area (Å²) in [7, 11) is 0. The lowest BCUT2D eigenvalue weighted by atomic mass is 10.1. The smallest absolute Gasteiger partial charge is 0.270 e. The van der Waals surface area contributed by atoms with Crippen molar-refractivity contribution in [2.75, 3.05) is 13.1 Å². The molecule has 0 aliphatic carbocycles. The monoisotopic (exact) mass is 331 g/mol. The van der Waals surface area contributed by atoms with E-state index in [1.54, 1.807) is 18.2 Å². The molecule has 0 spiro atoms. The van der Waals surface area contributed by atoms with E-state index in [0.717, 1.165) is 31.5 Å². The van der Waals surface area contributed by atoms with Gasteiger partial charge < -0.3 is 10.5 Å². The van der Waals surface area contributed by atoms with Crippen molar-refractivity contribution >= 4 is 12.2 Å². The predicted octanol–water partition coefficient (Wildman–Crippen LogP) is 2.18. The van der Waals surface area contributed by atoms with Crippen molar-refractivity contribution in [3.8, 4) is 5.75 Å². The van der Waals surface area contributed by atoms with Crippen LogP contribution in [0.15, 0.2) is 53.2 Å². The molecule has 0 saturated carbocycles. The maximum absolute atomic E-state index is 12.9. The molecule has 4 N–H and O–H groups in total. The van der Waals surface area contributed by atoms with E-state index in [-0.39, 0.29) is 11.9 Å². The lowest BCUT2D eigenvalue weighted by Gasteiger charge is -2.25. The van der Waals surface area contributed by atoms with Crippen molar-refractivity contribution in [2.45, 2.75) is 25.9 Å². The number of amidine groups is 1. The molecular weight excluding hydrogens is 307 g/mol. The fourth-order valence-electron chi connectivity index (χ4n) is 2.63. The number of nitrogens with two attached hydrogens (primary N) is 2. The van der Waals surface area contributed by atoms with Gasteiger partial charge in [0.15, 0.2) is 0 Å². The molecule has 1 fully saturated rings. The molecule has 1 aromatic carbocycles. The van der Waals surface area contributed by atoms with Crippen LogP contribution in [-0.4, -0.2) is 35.9 Å². The zero-order chi connectivity index (χ0) is 17.5. The number of hydrogen-bond acceptors (Lipinski definition) is 2. The highest BCUT2D eigenvalue weighted by atomic mass is 19.1. The topological polar surface area (TPSA) is 76.6 Å². The standard InChI is InChI=1S/C18H23FN4O/c1-13(11-14(2)22-12-20)18(21)23-9-7-17(8-10-23)24-16-5-3-15(19)4-6-16/h3-6,11-12,17,21H,2,7-10H2,1H3,(H2,20,22)/p+1/b13-11-. The SMILES string of the molecule is C=C(/C=C(/C)C(N)=[N+]1CCC(Oc2ccc(F)cc2)CC1)N=CN. The maximum atomic E-state index is 12.9. The molecule has 0 amide bonds. The molecule has 1 aliphatic heterocycles. The molecular formula is C18H24FN4O+. The third-order valence-electron chi connectivity index (χ3n) is 3.93. The Bertz CT molecular complexity index is 667. The number of halogens is 1. The van der Waals surface area contributed by atoms with Crippen LogP contribution in [0, 0.1) is 5.82 Å². The van der Waals surface area contributed by atoms with Gasteiger partial charge in [0.1, 0.15) is 17.7 Å². The number of piperidine rings is 1. The Morgan fingerprint density at radius 2 is 1.96 bits per heavy atom. The fourth-order valence-corrected chi connectivity index (χ4v) is 2.63. The minimum atomic E-state index is -0.262. The summed E-state index contributed by atoms with van der Waals surface area (Å²) in [5, 5.41) is 0. The highest BCUT2D eigenvalue weighted by Crippen LogP contribution is 2.18. The summed E-state index contributed by atoms with van der Waals surface area (Å²) in [4.78, 5) is 3.90. The van der Waals surface area contributed by atoms with Crippen molar-refractivity contribution in [3.63, 3.8) is 0 Å². The summed E-state index contributed by atoms with van der Waals surface area (Å²) in [6.45, 7) is 7.32. The Hall–Kier alpha value is -2.63. The van der Waals surface area contributed by atoms with E-state index in [0.29, 0.717) is 17.3 Å². The maximum Gasteiger partial charge on any atom is 0.270 e. The summed E-state index contributed by atoms with van der Waals surface area (Å²) < 4.78 is 20.9. The third kappa shape index (κ3) is 4.94. The molecule has 1 aromatic rings. The Morgan fingerprint density at radius 3 is 2.54 bits per heavy atom. The van der Waals surface area contributed by atoms with Crippen LogP contribution in [0.5, 0.6) is 5.75 Å². The van der Waals surface area contributed by atoms with Crippen LogP contribution in [0.3, 0.4) is 0 Å². The van der Waals surface area contributed by atoms with Crippen molar-refractivity contribution in [2.24, 2.45) is 16.5 Å². The second kappa shape index (κ2) is 8.29. The molecule has 0 radical (unpaired) electrons. The highest BCUT2D eigenvalue weighted by molar-refractivity contribution is 5.92. The summed E-state index contributed by atoms with van der Waals surface area (Å²) >= 11 is 0. The van der Waals surface area contributed by atoms with Crippen molar-refractivity contribution in [1.29, 1.82) is 0 Å². The quantitative estimate of drug-likeness (QED) is 0.376. The molecule has 1 saturated heterocycles. The molecule has 0 unspecified atom stereocenters. The molecule has 0 bridgehead atoms. The van der Waals surface area contributed by atoms with E-state index in [2.05, 4.69) is 16.1 Å². The number of ether oxygens (including phenoxy) is 1. The lowest BCUT2D eigenvalue weighted by molar-refractivity contribution is -0.541. The first-order valence-electron chi connectivity index (χ1n) is 7.91. The van der Waals surface area contributed by atoms with Crippen molar-refractivity contribution in [1.82, 2.24) is 0 Å². The second-order valence-corrected chi connectivity index (χ2v) is 5.74. The van der Waals surface area contributed by atoms with Crippen LogP contribution in [-0.2, 0) is 0 Å². The van der Waals surface area contributed by atoms with Gasteiger partial charge >= 0.3 is 0 Å². The number of benzene rings is 1. The second-order valence-electron chi connectivity index (χ2n) is 5.74.